The largest absolute Gasteiger partial charge is 0.487 e. The first-order valence-electron chi connectivity index (χ1n) is 10.3. The molecule has 3 aromatic carbocycles. The van der Waals surface area contributed by atoms with E-state index in [4.69, 9.17) is 9.47 Å². The van der Waals surface area contributed by atoms with E-state index in [0.717, 1.165) is 11.1 Å². The summed E-state index contributed by atoms with van der Waals surface area (Å²) in [6, 6.07) is 18.7. The SMILES string of the molecule is COC(=O)c1cc(C)cc(S(=O)(=O)c2ccc(CCNC=O)cc2)c1OCc1ccccc1. The van der Waals surface area contributed by atoms with Crippen LogP contribution >= 0.6 is 0 Å². The van der Waals surface area contributed by atoms with Crippen molar-refractivity contribution in [3.63, 3.8) is 0 Å². The molecule has 0 aliphatic heterocycles. The van der Waals surface area contributed by atoms with Gasteiger partial charge in [0.05, 0.1) is 12.0 Å². The summed E-state index contributed by atoms with van der Waals surface area (Å²) in [6.07, 6.45) is 1.19. The normalized spacial score (nSPS) is 11.0. The Labute approximate surface area is 193 Å². The maximum Gasteiger partial charge on any atom is 0.341 e. The number of esters is 1. The second-order valence-corrected chi connectivity index (χ2v) is 9.29. The van der Waals surface area contributed by atoms with Gasteiger partial charge in [0.2, 0.25) is 16.2 Å². The number of sulfone groups is 1. The summed E-state index contributed by atoms with van der Waals surface area (Å²) in [4.78, 5) is 22.8. The molecule has 1 amide bonds. The van der Waals surface area contributed by atoms with Crippen LogP contribution in [-0.4, -0.2) is 34.5 Å². The fraction of sp³-hybridized carbons (Fsp3) is 0.200. The third kappa shape index (κ3) is 5.78. The highest BCUT2D eigenvalue weighted by molar-refractivity contribution is 7.91. The molecule has 0 fully saturated rings. The molecule has 3 aromatic rings. The van der Waals surface area contributed by atoms with Crippen LogP contribution in [0.25, 0.3) is 0 Å². The number of rotatable bonds is 10. The fourth-order valence-electron chi connectivity index (χ4n) is 3.32. The summed E-state index contributed by atoms with van der Waals surface area (Å²) >= 11 is 0. The van der Waals surface area contributed by atoms with Crippen LogP contribution in [0.1, 0.15) is 27.0 Å². The van der Waals surface area contributed by atoms with Crippen molar-refractivity contribution in [1.29, 1.82) is 0 Å². The molecule has 0 aliphatic rings. The molecule has 0 spiro atoms. The highest BCUT2D eigenvalue weighted by Gasteiger charge is 2.28. The predicted octanol–water partition coefficient (Wildman–Crippen LogP) is 3.48. The smallest absolute Gasteiger partial charge is 0.341 e. The molecular formula is C25H25NO6S. The van der Waals surface area contributed by atoms with Gasteiger partial charge in [0.1, 0.15) is 17.1 Å². The van der Waals surface area contributed by atoms with Crippen LogP contribution in [0.4, 0.5) is 0 Å². The molecule has 33 heavy (non-hydrogen) atoms. The quantitative estimate of drug-likeness (QED) is 0.278. The lowest BCUT2D eigenvalue weighted by Crippen LogP contribution is -2.14. The van der Waals surface area contributed by atoms with Gasteiger partial charge in [-0.3, -0.25) is 4.79 Å². The first-order chi connectivity index (χ1) is 15.9. The summed E-state index contributed by atoms with van der Waals surface area (Å²) in [7, 11) is -2.77. The monoisotopic (exact) mass is 467 g/mol. The average Bonchev–Trinajstić information content (AvgIpc) is 2.83. The van der Waals surface area contributed by atoms with Gasteiger partial charge in [-0.25, -0.2) is 13.2 Å². The lowest BCUT2D eigenvalue weighted by Gasteiger charge is -2.17. The van der Waals surface area contributed by atoms with E-state index in [9.17, 15) is 18.0 Å². The molecule has 0 unspecified atom stereocenters. The number of ether oxygens (including phenoxy) is 2. The highest BCUT2D eigenvalue weighted by atomic mass is 32.2. The van der Waals surface area contributed by atoms with E-state index in [1.54, 1.807) is 25.1 Å². The number of aryl methyl sites for hydroxylation is 1. The molecule has 0 aliphatic carbocycles. The zero-order valence-corrected chi connectivity index (χ0v) is 19.2. The standard InChI is InChI=1S/C25H25NO6S/c1-18-14-22(25(28)31-2)24(32-16-20-6-4-3-5-7-20)23(15-18)33(29,30)21-10-8-19(9-11-21)12-13-26-17-27/h3-11,14-15,17H,12-13,16H2,1-2H3,(H,26,27). The summed E-state index contributed by atoms with van der Waals surface area (Å²) in [5.74, 6) is -0.730. The van der Waals surface area contributed by atoms with Crippen LogP contribution in [0.15, 0.2) is 76.5 Å². The Hall–Kier alpha value is -3.65. The number of carbonyl (C=O) groups is 2. The lowest BCUT2D eigenvalue weighted by molar-refractivity contribution is -0.109. The fourth-order valence-corrected chi connectivity index (χ4v) is 4.82. The minimum atomic E-state index is -4.01. The average molecular weight is 468 g/mol. The van der Waals surface area contributed by atoms with Gasteiger partial charge < -0.3 is 14.8 Å². The number of nitrogens with one attached hydrogen (secondary N) is 1. The van der Waals surface area contributed by atoms with Gasteiger partial charge >= 0.3 is 5.97 Å². The Bertz CT molecular complexity index is 1220. The van der Waals surface area contributed by atoms with Gasteiger partial charge in [0.15, 0.2) is 5.75 Å². The molecular weight excluding hydrogens is 442 g/mol. The molecule has 3 rings (SSSR count). The minimum Gasteiger partial charge on any atom is -0.487 e. The number of benzene rings is 3. The van der Waals surface area contributed by atoms with Crippen molar-refractivity contribution >= 4 is 22.2 Å². The van der Waals surface area contributed by atoms with E-state index >= 15 is 0 Å². The van der Waals surface area contributed by atoms with E-state index < -0.39 is 15.8 Å². The molecule has 1 N–H and O–H groups in total. The summed E-state index contributed by atoms with van der Waals surface area (Å²) < 4.78 is 37.9. The Morgan fingerprint density at radius 2 is 1.70 bits per heavy atom. The number of hydrogen-bond acceptors (Lipinski definition) is 6. The van der Waals surface area contributed by atoms with Crippen molar-refractivity contribution in [1.82, 2.24) is 5.32 Å². The van der Waals surface area contributed by atoms with Gasteiger partial charge in [0, 0.05) is 6.54 Å². The van der Waals surface area contributed by atoms with Gasteiger partial charge in [-0.2, -0.15) is 0 Å². The van der Waals surface area contributed by atoms with Gasteiger partial charge in [0.25, 0.3) is 0 Å². The van der Waals surface area contributed by atoms with Crippen LogP contribution in [0, 0.1) is 6.92 Å². The molecule has 172 valence electrons. The lowest BCUT2D eigenvalue weighted by atomic mass is 10.1. The van der Waals surface area contributed by atoms with Crippen molar-refractivity contribution in [2.75, 3.05) is 13.7 Å². The minimum absolute atomic E-state index is 0.0450. The van der Waals surface area contributed by atoms with Crippen LogP contribution in [-0.2, 0) is 32.4 Å². The van der Waals surface area contributed by atoms with E-state index in [-0.39, 0.29) is 27.7 Å². The Kier molecular flexibility index (Phi) is 7.84. The topological polar surface area (TPSA) is 98.8 Å². The molecule has 8 heteroatoms. The predicted molar refractivity (Wildman–Crippen MR) is 123 cm³/mol. The van der Waals surface area contributed by atoms with Crippen molar-refractivity contribution in [2.24, 2.45) is 0 Å². The number of carbonyl (C=O) groups excluding carboxylic acids is 2. The van der Waals surface area contributed by atoms with Crippen LogP contribution in [0.5, 0.6) is 5.75 Å². The molecule has 0 bridgehead atoms. The van der Waals surface area contributed by atoms with Gasteiger partial charge in [-0.05, 0) is 54.3 Å². The third-order valence-electron chi connectivity index (χ3n) is 5.00. The molecule has 7 nitrogen and oxygen atoms in total. The van der Waals surface area contributed by atoms with Gasteiger partial charge in [-0.1, -0.05) is 42.5 Å². The molecule has 0 heterocycles. The van der Waals surface area contributed by atoms with E-state index in [2.05, 4.69) is 5.32 Å². The molecule has 0 aromatic heterocycles. The maximum atomic E-state index is 13.6. The van der Waals surface area contributed by atoms with E-state index in [1.807, 2.05) is 30.3 Å². The summed E-state index contributed by atoms with van der Waals surface area (Å²) in [6.45, 7) is 2.24. The van der Waals surface area contributed by atoms with Crippen LogP contribution in [0.3, 0.4) is 0 Å². The second-order valence-electron chi connectivity index (χ2n) is 7.37. The molecule has 0 saturated heterocycles. The molecule has 0 saturated carbocycles. The van der Waals surface area contributed by atoms with Crippen molar-refractivity contribution in [3.05, 3.63) is 89.0 Å². The Balaban J connectivity index is 2.03. The van der Waals surface area contributed by atoms with Crippen molar-refractivity contribution < 1.29 is 27.5 Å². The summed E-state index contributed by atoms with van der Waals surface area (Å²) in [5, 5.41) is 2.57. The van der Waals surface area contributed by atoms with Gasteiger partial charge in [-0.15, -0.1) is 0 Å². The highest BCUT2D eigenvalue weighted by Crippen LogP contribution is 2.35. The van der Waals surface area contributed by atoms with Crippen molar-refractivity contribution in [2.45, 2.75) is 29.7 Å². The number of amides is 1. The number of methoxy groups -OCH3 is 1. The summed E-state index contributed by atoms with van der Waals surface area (Å²) in [5.41, 5.74) is 2.33. The maximum absolute atomic E-state index is 13.6. The zero-order chi connectivity index (χ0) is 23.8. The first-order valence-corrected chi connectivity index (χ1v) is 11.8. The van der Waals surface area contributed by atoms with Crippen LogP contribution in [0.2, 0.25) is 0 Å². The molecule has 0 atom stereocenters. The third-order valence-corrected chi connectivity index (χ3v) is 6.77. The number of hydrogen-bond donors (Lipinski definition) is 1. The Morgan fingerprint density at radius 1 is 1.00 bits per heavy atom. The Morgan fingerprint density at radius 3 is 2.33 bits per heavy atom. The second kappa shape index (κ2) is 10.8. The first kappa shape index (κ1) is 24.0. The zero-order valence-electron chi connectivity index (χ0n) is 18.4. The van der Waals surface area contributed by atoms with Crippen molar-refractivity contribution in [3.8, 4) is 5.75 Å². The van der Waals surface area contributed by atoms with E-state index in [1.165, 1.54) is 25.3 Å². The van der Waals surface area contributed by atoms with E-state index in [0.29, 0.717) is 24.9 Å². The molecule has 0 radical (unpaired) electrons. The van der Waals surface area contributed by atoms with Crippen LogP contribution < -0.4 is 10.1 Å².